The molecule has 1 aliphatic carbocycles. The smallest absolute Gasteiger partial charge is 0.224 e. The average molecular weight is 302 g/mol. The predicted molar refractivity (Wildman–Crippen MR) is 89.5 cm³/mol. The van der Waals surface area contributed by atoms with Gasteiger partial charge in [-0.25, -0.2) is 0 Å². The van der Waals surface area contributed by atoms with E-state index >= 15 is 0 Å². The summed E-state index contributed by atoms with van der Waals surface area (Å²) in [6.45, 7) is 9.78. The van der Waals surface area contributed by atoms with Gasteiger partial charge in [-0.15, -0.1) is 0 Å². The van der Waals surface area contributed by atoms with Gasteiger partial charge < -0.3 is 15.0 Å². The Bertz CT molecular complexity index is 549. The Morgan fingerprint density at radius 2 is 1.82 bits per heavy atom. The molecule has 0 unspecified atom stereocenters. The summed E-state index contributed by atoms with van der Waals surface area (Å²) in [6, 6.07) is 4.35. The second kappa shape index (κ2) is 5.92. The Morgan fingerprint density at radius 1 is 1.23 bits per heavy atom. The Labute approximate surface area is 132 Å². The number of carbonyl (C=O) groups excluding carboxylic acids is 1. The van der Waals surface area contributed by atoms with Crippen LogP contribution in [0.4, 0.5) is 11.4 Å². The third-order valence-corrected chi connectivity index (χ3v) is 4.85. The highest BCUT2D eigenvalue weighted by Crippen LogP contribution is 2.48. The molecule has 22 heavy (non-hydrogen) atoms. The average Bonchev–Trinajstić information content (AvgIpc) is 3.20. The number of hydrogen-bond acceptors (Lipinski definition) is 3. The molecule has 3 rings (SSSR count). The van der Waals surface area contributed by atoms with Crippen LogP contribution in [0.15, 0.2) is 12.1 Å². The molecule has 1 amide bonds. The topological polar surface area (TPSA) is 41.6 Å². The molecule has 4 heteroatoms. The molecule has 1 aromatic carbocycles. The van der Waals surface area contributed by atoms with E-state index < -0.39 is 0 Å². The number of hydrogen-bond donors (Lipinski definition) is 1. The molecule has 2 fully saturated rings. The molecule has 1 saturated heterocycles. The summed E-state index contributed by atoms with van der Waals surface area (Å²) in [5.74, 6) is 0.144. The Morgan fingerprint density at radius 3 is 2.36 bits per heavy atom. The summed E-state index contributed by atoms with van der Waals surface area (Å²) in [7, 11) is 0. The number of morpholine rings is 1. The second-order valence-electron chi connectivity index (χ2n) is 7.09. The van der Waals surface area contributed by atoms with Crippen molar-refractivity contribution in [3.05, 3.63) is 23.3 Å². The molecule has 0 bridgehead atoms. The summed E-state index contributed by atoms with van der Waals surface area (Å²) in [5.41, 5.74) is 4.72. The number of ether oxygens (including phenoxy) is 1. The van der Waals surface area contributed by atoms with E-state index in [4.69, 9.17) is 4.74 Å². The van der Waals surface area contributed by atoms with Crippen molar-refractivity contribution >= 4 is 17.3 Å². The summed E-state index contributed by atoms with van der Waals surface area (Å²) in [5, 5.41) is 3.12. The number of anilines is 2. The van der Waals surface area contributed by atoms with E-state index in [0.717, 1.165) is 43.1 Å². The molecule has 1 N–H and O–H groups in total. The first kappa shape index (κ1) is 15.3. The van der Waals surface area contributed by atoms with Crippen molar-refractivity contribution < 1.29 is 9.53 Å². The van der Waals surface area contributed by atoms with Crippen LogP contribution in [-0.2, 0) is 9.53 Å². The highest BCUT2D eigenvalue weighted by Gasteiger charge is 2.39. The molecule has 4 nitrogen and oxygen atoms in total. The predicted octanol–water partition coefficient (Wildman–Crippen LogP) is 3.27. The van der Waals surface area contributed by atoms with E-state index in [0.29, 0.717) is 6.42 Å². The number of rotatable bonds is 4. The summed E-state index contributed by atoms with van der Waals surface area (Å²) in [4.78, 5) is 14.6. The SMILES string of the molecule is Cc1cc(N2CCOCC2)cc(C)c1NC(=O)CC1(C)CC1. The van der Waals surface area contributed by atoms with Crippen LogP contribution in [-0.4, -0.2) is 32.2 Å². The summed E-state index contributed by atoms with van der Waals surface area (Å²) < 4.78 is 5.41. The van der Waals surface area contributed by atoms with Crippen molar-refractivity contribution in [1.82, 2.24) is 0 Å². The minimum atomic E-state index is 0.144. The molecule has 1 aromatic rings. The fourth-order valence-electron chi connectivity index (χ4n) is 3.10. The maximum absolute atomic E-state index is 12.2. The first-order valence-corrected chi connectivity index (χ1v) is 8.21. The van der Waals surface area contributed by atoms with Gasteiger partial charge in [-0.3, -0.25) is 4.79 Å². The van der Waals surface area contributed by atoms with Crippen molar-refractivity contribution in [1.29, 1.82) is 0 Å². The lowest BCUT2D eigenvalue weighted by Crippen LogP contribution is -2.36. The van der Waals surface area contributed by atoms with Gasteiger partial charge in [0.15, 0.2) is 0 Å². The van der Waals surface area contributed by atoms with Crippen LogP contribution in [0.1, 0.15) is 37.3 Å². The number of carbonyl (C=O) groups is 1. The molecule has 120 valence electrons. The molecule has 0 atom stereocenters. The maximum Gasteiger partial charge on any atom is 0.224 e. The van der Waals surface area contributed by atoms with E-state index in [1.807, 2.05) is 0 Å². The van der Waals surface area contributed by atoms with Crippen LogP contribution in [0, 0.1) is 19.3 Å². The van der Waals surface area contributed by atoms with E-state index in [9.17, 15) is 4.79 Å². The van der Waals surface area contributed by atoms with E-state index in [1.54, 1.807) is 0 Å². The van der Waals surface area contributed by atoms with Gasteiger partial charge in [-0.2, -0.15) is 0 Å². The van der Waals surface area contributed by atoms with Gasteiger partial charge in [0.2, 0.25) is 5.91 Å². The number of benzene rings is 1. The van der Waals surface area contributed by atoms with Crippen LogP contribution in [0.3, 0.4) is 0 Å². The van der Waals surface area contributed by atoms with E-state index in [1.165, 1.54) is 18.5 Å². The van der Waals surface area contributed by atoms with Crippen LogP contribution >= 0.6 is 0 Å². The van der Waals surface area contributed by atoms with Crippen molar-refractivity contribution in [2.45, 2.75) is 40.0 Å². The monoisotopic (exact) mass is 302 g/mol. The molecule has 1 aliphatic heterocycles. The van der Waals surface area contributed by atoms with Crippen molar-refractivity contribution in [2.24, 2.45) is 5.41 Å². The van der Waals surface area contributed by atoms with Crippen LogP contribution < -0.4 is 10.2 Å². The fraction of sp³-hybridized carbons (Fsp3) is 0.611. The number of nitrogens with one attached hydrogen (secondary N) is 1. The molecule has 0 radical (unpaired) electrons. The highest BCUT2D eigenvalue weighted by atomic mass is 16.5. The van der Waals surface area contributed by atoms with Crippen molar-refractivity contribution in [3.63, 3.8) is 0 Å². The van der Waals surface area contributed by atoms with Gasteiger partial charge in [0, 0.05) is 30.9 Å². The Hall–Kier alpha value is -1.55. The second-order valence-corrected chi connectivity index (χ2v) is 7.09. The zero-order chi connectivity index (χ0) is 15.7. The first-order chi connectivity index (χ1) is 10.5. The third kappa shape index (κ3) is 3.43. The summed E-state index contributed by atoms with van der Waals surface area (Å²) in [6.07, 6.45) is 2.99. The van der Waals surface area contributed by atoms with E-state index in [2.05, 4.69) is 43.1 Å². The highest BCUT2D eigenvalue weighted by molar-refractivity contribution is 5.93. The molecule has 0 aromatic heterocycles. The van der Waals surface area contributed by atoms with Crippen LogP contribution in [0.2, 0.25) is 0 Å². The van der Waals surface area contributed by atoms with Gasteiger partial charge >= 0.3 is 0 Å². The minimum Gasteiger partial charge on any atom is -0.378 e. The molecule has 0 spiro atoms. The van der Waals surface area contributed by atoms with Gasteiger partial charge in [-0.05, 0) is 55.4 Å². The minimum absolute atomic E-state index is 0.144. The lowest BCUT2D eigenvalue weighted by molar-refractivity contribution is -0.117. The van der Waals surface area contributed by atoms with Crippen LogP contribution in [0.5, 0.6) is 0 Å². The van der Waals surface area contributed by atoms with Gasteiger partial charge in [0.05, 0.1) is 13.2 Å². The zero-order valence-electron chi connectivity index (χ0n) is 13.9. The number of aryl methyl sites for hydroxylation is 2. The normalized spacial score (nSPS) is 19.9. The van der Waals surface area contributed by atoms with Gasteiger partial charge in [-0.1, -0.05) is 6.92 Å². The standard InChI is InChI=1S/C18H26N2O2/c1-13-10-15(20-6-8-22-9-7-20)11-14(2)17(13)19-16(21)12-18(3)4-5-18/h10-11H,4-9,12H2,1-3H3,(H,19,21). The number of amides is 1. The maximum atomic E-state index is 12.2. The fourth-order valence-corrected chi connectivity index (χ4v) is 3.10. The zero-order valence-corrected chi connectivity index (χ0v) is 13.9. The number of nitrogens with zero attached hydrogens (tertiary/aromatic N) is 1. The quantitative estimate of drug-likeness (QED) is 0.928. The van der Waals surface area contributed by atoms with Crippen LogP contribution in [0.25, 0.3) is 0 Å². The largest absolute Gasteiger partial charge is 0.378 e. The lowest BCUT2D eigenvalue weighted by atomic mass is 10.0. The van der Waals surface area contributed by atoms with Crippen molar-refractivity contribution in [2.75, 3.05) is 36.5 Å². The van der Waals surface area contributed by atoms with Gasteiger partial charge in [0.1, 0.15) is 0 Å². The molecule has 1 heterocycles. The molecular weight excluding hydrogens is 276 g/mol. The molecular formula is C18H26N2O2. The first-order valence-electron chi connectivity index (χ1n) is 8.21. The third-order valence-electron chi connectivity index (χ3n) is 4.85. The van der Waals surface area contributed by atoms with E-state index in [-0.39, 0.29) is 11.3 Å². The Kier molecular flexibility index (Phi) is 4.13. The Balaban J connectivity index is 1.73. The molecule has 2 aliphatic rings. The lowest BCUT2D eigenvalue weighted by Gasteiger charge is -2.30. The molecule has 1 saturated carbocycles. The van der Waals surface area contributed by atoms with Crippen molar-refractivity contribution in [3.8, 4) is 0 Å². The van der Waals surface area contributed by atoms with Gasteiger partial charge in [0.25, 0.3) is 0 Å². The summed E-state index contributed by atoms with van der Waals surface area (Å²) >= 11 is 0.